The lowest BCUT2D eigenvalue weighted by atomic mass is 9.84. The molecule has 2 N–H and O–H groups in total. The summed E-state index contributed by atoms with van der Waals surface area (Å²) in [5, 5.41) is 17.7. The Morgan fingerprint density at radius 1 is 1.13 bits per heavy atom. The van der Waals surface area contributed by atoms with Crippen molar-refractivity contribution in [2.75, 3.05) is 5.32 Å². The van der Waals surface area contributed by atoms with Crippen molar-refractivity contribution in [2.24, 2.45) is 0 Å². The van der Waals surface area contributed by atoms with Crippen LogP contribution < -0.4 is 5.32 Å². The van der Waals surface area contributed by atoms with Crippen molar-refractivity contribution in [1.82, 2.24) is 14.8 Å². The van der Waals surface area contributed by atoms with E-state index in [1.165, 1.54) is 0 Å². The van der Waals surface area contributed by atoms with Gasteiger partial charge in [-0.05, 0) is 75.4 Å². The fraction of sp³-hybridized carbons (Fsp3) is 0.348. The first kappa shape index (κ1) is 20.6. The Kier molecular flexibility index (Phi) is 5.88. The van der Waals surface area contributed by atoms with Crippen LogP contribution in [-0.4, -0.2) is 31.9 Å². The van der Waals surface area contributed by atoms with E-state index in [2.05, 4.69) is 15.4 Å². The molecule has 0 bridgehead atoms. The van der Waals surface area contributed by atoms with Gasteiger partial charge in [0.2, 0.25) is 0 Å². The van der Waals surface area contributed by atoms with Crippen LogP contribution in [0, 0.1) is 13.8 Å². The number of benzene rings is 1. The molecule has 0 radical (unpaired) electrons. The topological polar surface area (TPSA) is 80.0 Å². The molecular weight excluding hydrogens is 400 g/mol. The molecule has 1 aliphatic carbocycles. The number of halogens is 1. The first-order chi connectivity index (χ1) is 14.4. The number of aryl methyl sites for hydroxylation is 1. The van der Waals surface area contributed by atoms with Crippen LogP contribution in [0.3, 0.4) is 0 Å². The summed E-state index contributed by atoms with van der Waals surface area (Å²) in [6, 6.07) is 9.27. The molecule has 1 saturated carbocycles. The highest BCUT2D eigenvalue weighted by Gasteiger charge is 2.23. The summed E-state index contributed by atoms with van der Waals surface area (Å²) < 4.78 is 1.72. The fourth-order valence-corrected chi connectivity index (χ4v) is 4.23. The third kappa shape index (κ3) is 4.25. The van der Waals surface area contributed by atoms with E-state index in [4.69, 9.17) is 11.6 Å². The molecule has 6 nitrogen and oxygen atoms in total. The molecule has 1 aromatic carbocycles. The van der Waals surface area contributed by atoms with Crippen molar-refractivity contribution in [3.8, 4) is 5.69 Å². The number of hydrogen-bond donors (Lipinski definition) is 2. The quantitative estimate of drug-likeness (QED) is 0.629. The molecule has 0 saturated heterocycles. The molecule has 0 spiro atoms. The second-order valence-electron chi connectivity index (χ2n) is 7.92. The van der Waals surface area contributed by atoms with Crippen LogP contribution in [0.25, 0.3) is 5.69 Å². The Hall–Kier alpha value is -2.70. The number of amides is 1. The van der Waals surface area contributed by atoms with Crippen molar-refractivity contribution in [3.05, 3.63) is 70.3 Å². The van der Waals surface area contributed by atoms with Gasteiger partial charge in [-0.3, -0.25) is 9.78 Å². The minimum absolute atomic E-state index is 0.183. The van der Waals surface area contributed by atoms with Gasteiger partial charge >= 0.3 is 0 Å². The SMILES string of the molecule is Cc1cc(NC(=O)c2cnn(-c3ccc(Cl)cc3)c2C)cnc1C1CCC(O)CC1. The molecule has 0 atom stereocenters. The lowest BCUT2D eigenvalue weighted by Crippen LogP contribution is -2.19. The summed E-state index contributed by atoms with van der Waals surface area (Å²) in [6.07, 6.45) is 6.64. The molecule has 2 heterocycles. The van der Waals surface area contributed by atoms with Crippen molar-refractivity contribution in [3.63, 3.8) is 0 Å². The van der Waals surface area contributed by atoms with Crippen LogP contribution >= 0.6 is 11.6 Å². The first-order valence-electron chi connectivity index (χ1n) is 10.2. The van der Waals surface area contributed by atoms with E-state index in [9.17, 15) is 9.90 Å². The molecule has 1 amide bonds. The number of rotatable bonds is 4. The molecule has 2 aromatic heterocycles. The minimum Gasteiger partial charge on any atom is -0.393 e. The van der Waals surface area contributed by atoms with Gasteiger partial charge in [0, 0.05) is 16.6 Å². The molecule has 4 rings (SSSR count). The van der Waals surface area contributed by atoms with E-state index in [1.54, 1.807) is 29.2 Å². The molecule has 1 fully saturated rings. The van der Waals surface area contributed by atoms with E-state index < -0.39 is 0 Å². The molecular formula is C23H25ClN4O2. The Balaban J connectivity index is 1.49. The Morgan fingerprint density at radius 2 is 1.83 bits per heavy atom. The summed E-state index contributed by atoms with van der Waals surface area (Å²) in [5.74, 6) is 0.153. The summed E-state index contributed by atoms with van der Waals surface area (Å²) in [5.41, 5.74) is 4.88. The van der Waals surface area contributed by atoms with Crippen LogP contribution in [0.1, 0.15) is 58.9 Å². The van der Waals surface area contributed by atoms with E-state index in [0.717, 1.165) is 48.3 Å². The second-order valence-corrected chi connectivity index (χ2v) is 8.35. The smallest absolute Gasteiger partial charge is 0.259 e. The standard InChI is InChI=1S/C23H25ClN4O2/c1-14-11-18(12-25-22(14)16-3-9-20(29)10-4-16)27-23(30)21-13-26-28(15(21)2)19-7-5-17(24)6-8-19/h5-8,11-13,16,20,29H,3-4,9-10H2,1-2H3,(H,27,30). The molecule has 30 heavy (non-hydrogen) atoms. The van der Waals surface area contributed by atoms with Crippen LogP contribution in [0.2, 0.25) is 5.02 Å². The fourth-order valence-electron chi connectivity index (χ4n) is 4.10. The highest BCUT2D eigenvalue weighted by molar-refractivity contribution is 6.30. The van der Waals surface area contributed by atoms with Crippen LogP contribution in [0.5, 0.6) is 0 Å². The van der Waals surface area contributed by atoms with Gasteiger partial charge in [-0.2, -0.15) is 5.10 Å². The number of nitrogens with one attached hydrogen (secondary N) is 1. The van der Waals surface area contributed by atoms with Gasteiger partial charge in [0.1, 0.15) is 0 Å². The van der Waals surface area contributed by atoms with Gasteiger partial charge < -0.3 is 10.4 Å². The van der Waals surface area contributed by atoms with E-state index >= 15 is 0 Å². The Labute approximate surface area is 180 Å². The first-order valence-corrected chi connectivity index (χ1v) is 10.6. The van der Waals surface area contributed by atoms with Crippen molar-refractivity contribution >= 4 is 23.2 Å². The third-order valence-corrected chi connectivity index (χ3v) is 6.04. The van der Waals surface area contributed by atoms with E-state index in [1.807, 2.05) is 32.0 Å². The van der Waals surface area contributed by atoms with Crippen molar-refractivity contribution in [2.45, 2.75) is 51.6 Å². The normalized spacial score (nSPS) is 18.9. The Bertz CT molecular complexity index is 1050. The van der Waals surface area contributed by atoms with Gasteiger partial charge in [0.25, 0.3) is 5.91 Å². The molecule has 156 valence electrons. The number of carbonyl (C=O) groups excluding carboxylic acids is 1. The molecule has 3 aromatic rings. The zero-order valence-corrected chi connectivity index (χ0v) is 17.9. The van der Waals surface area contributed by atoms with Gasteiger partial charge in [0.05, 0.1) is 41.1 Å². The third-order valence-electron chi connectivity index (χ3n) is 5.79. The van der Waals surface area contributed by atoms with Crippen LogP contribution in [0.15, 0.2) is 42.7 Å². The molecule has 7 heteroatoms. The van der Waals surface area contributed by atoms with Crippen molar-refractivity contribution in [1.29, 1.82) is 0 Å². The zero-order chi connectivity index (χ0) is 21.3. The average Bonchev–Trinajstić information content (AvgIpc) is 3.11. The van der Waals surface area contributed by atoms with Crippen LogP contribution in [-0.2, 0) is 0 Å². The second kappa shape index (κ2) is 8.58. The van der Waals surface area contributed by atoms with Gasteiger partial charge in [0.15, 0.2) is 0 Å². The number of aliphatic hydroxyl groups is 1. The maximum atomic E-state index is 12.8. The van der Waals surface area contributed by atoms with E-state index in [-0.39, 0.29) is 12.0 Å². The number of pyridine rings is 1. The Morgan fingerprint density at radius 3 is 2.50 bits per heavy atom. The highest BCUT2D eigenvalue weighted by Crippen LogP contribution is 2.34. The van der Waals surface area contributed by atoms with Crippen LogP contribution in [0.4, 0.5) is 5.69 Å². The average molecular weight is 425 g/mol. The number of carbonyl (C=O) groups is 1. The lowest BCUT2D eigenvalue weighted by molar-refractivity contribution is 0.102. The molecule has 1 aliphatic rings. The summed E-state index contributed by atoms with van der Waals surface area (Å²) >= 11 is 5.95. The maximum Gasteiger partial charge on any atom is 0.259 e. The summed E-state index contributed by atoms with van der Waals surface area (Å²) in [6.45, 7) is 3.88. The van der Waals surface area contributed by atoms with Gasteiger partial charge in [-0.1, -0.05) is 11.6 Å². The molecule has 0 aliphatic heterocycles. The maximum absolute atomic E-state index is 12.8. The number of nitrogens with zero attached hydrogens (tertiary/aromatic N) is 3. The predicted octanol–water partition coefficient (Wildman–Crippen LogP) is 4.81. The largest absolute Gasteiger partial charge is 0.393 e. The highest BCUT2D eigenvalue weighted by atomic mass is 35.5. The number of anilines is 1. The van der Waals surface area contributed by atoms with E-state index in [0.29, 0.717) is 22.2 Å². The molecule has 0 unspecified atom stereocenters. The lowest BCUT2D eigenvalue weighted by Gasteiger charge is -2.26. The number of aromatic nitrogens is 3. The van der Waals surface area contributed by atoms with Crippen molar-refractivity contribution < 1.29 is 9.90 Å². The monoisotopic (exact) mass is 424 g/mol. The van der Waals surface area contributed by atoms with Gasteiger partial charge in [-0.25, -0.2) is 4.68 Å². The minimum atomic E-state index is -0.220. The summed E-state index contributed by atoms with van der Waals surface area (Å²) in [7, 11) is 0. The number of aliphatic hydroxyl groups excluding tert-OH is 1. The predicted molar refractivity (Wildman–Crippen MR) is 117 cm³/mol. The van der Waals surface area contributed by atoms with Gasteiger partial charge in [-0.15, -0.1) is 0 Å². The zero-order valence-electron chi connectivity index (χ0n) is 17.1. The number of hydrogen-bond acceptors (Lipinski definition) is 4. The summed E-state index contributed by atoms with van der Waals surface area (Å²) in [4.78, 5) is 17.5.